The smallest absolute Gasteiger partial charge is 0.249 e. The highest BCUT2D eigenvalue weighted by atomic mass is 35.5. The minimum Gasteiger partial charge on any atom is -0.485 e. The molecule has 1 aliphatic rings. The van der Waals surface area contributed by atoms with E-state index in [1.165, 1.54) is 24.3 Å². The monoisotopic (exact) mass is 596 g/mol. The molecule has 0 saturated carbocycles. The van der Waals surface area contributed by atoms with Crippen LogP contribution < -0.4 is 15.4 Å². The maximum atomic E-state index is 12.3. The van der Waals surface area contributed by atoms with Crippen molar-refractivity contribution < 1.29 is 23.8 Å². The Morgan fingerprint density at radius 2 is 2.07 bits per heavy atom. The van der Waals surface area contributed by atoms with Crippen molar-refractivity contribution in [1.82, 2.24) is 29.7 Å². The lowest BCUT2D eigenvalue weighted by atomic mass is 10.1. The molecule has 1 aromatic carbocycles. The largest absolute Gasteiger partial charge is 0.485 e. The molecule has 1 aliphatic heterocycles. The Labute approximate surface area is 245 Å². The molecule has 3 aromatic heterocycles. The number of likely N-dealkylation sites (N-methyl/N-ethyl adjacent to an activating group) is 1. The van der Waals surface area contributed by atoms with Gasteiger partial charge in [-0.1, -0.05) is 16.7 Å². The quantitative estimate of drug-likeness (QED) is 0.132. The number of ether oxygens (including phenoxy) is 2. The Morgan fingerprint density at radius 1 is 1.26 bits per heavy atom. The van der Waals surface area contributed by atoms with E-state index in [0.29, 0.717) is 46.6 Å². The van der Waals surface area contributed by atoms with Crippen molar-refractivity contribution in [2.24, 2.45) is 5.11 Å². The fourth-order valence-corrected chi connectivity index (χ4v) is 4.85. The zero-order chi connectivity index (χ0) is 29.8. The van der Waals surface area contributed by atoms with Crippen molar-refractivity contribution in [3.05, 3.63) is 75.5 Å². The van der Waals surface area contributed by atoms with Crippen LogP contribution in [0.25, 0.3) is 21.6 Å². The van der Waals surface area contributed by atoms with Crippen molar-refractivity contribution in [2.75, 3.05) is 26.5 Å². The molecular weight excluding hydrogens is 568 g/mol. The first kappa shape index (κ1) is 29.1. The highest BCUT2D eigenvalue weighted by Crippen LogP contribution is 2.34. The number of anilines is 1. The number of hydrogen-bond donors (Lipinski definition) is 3. The van der Waals surface area contributed by atoms with Gasteiger partial charge in [0.25, 0.3) is 0 Å². The SMILES string of the molecule is CNC(=O)[C@H]1O[C@@H](n2cnc3c(NCc4cc(Cl)ccc4OCc4ccc(CN(C)C)o4)ncnc32)[C@H](O)[C@@H]1N=[N+]=[N-]. The van der Waals surface area contributed by atoms with Crippen molar-refractivity contribution in [2.45, 2.75) is 44.2 Å². The normalized spacial score (nSPS) is 20.0. The number of aliphatic hydroxyl groups excluding tert-OH is 1. The number of furan rings is 1. The molecule has 0 bridgehead atoms. The predicted molar refractivity (Wildman–Crippen MR) is 151 cm³/mol. The molecule has 1 saturated heterocycles. The Morgan fingerprint density at radius 3 is 2.83 bits per heavy atom. The van der Waals surface area contributed by atoms with Gasteiger partial charge in [0.2, 0.25) is 5.91 Å². The van der Waals surface area contributed by atoms with Crippen LogP contribution in [0.15, 0.2) is 52.5 Å². The van der Waals surface area contributed by atoms with Gasteiger partial charge in [0.15, 0.2) is 23.2 Å². The lowest BCUT2D eigenvalue weighted by Gasteiger charge is -2.17. The molecule has 16 heteroatoms. The summed E-state index contributed by atoms with van der Waals surface area (Å²) >= 11 is 6.29. The first-order valence-corrected chi connectivity index (χ1v) is 13.3. The van der Waals surface area contributed by atoms with Crippen LogP contribution in [0.5, 0.6) is 5.75 Å². The molecular formula is C26H29ClN10O5. The highest BCUT2D eigenvalue weighted by Gasteiger charge is 2.48. The van der Waals surface area contributed by atoms with E-state index in [-0.39, 0.29) is 6.61 Å². The third kappa shape index (κ3) is 6.10. The third-order valence-electron chi connectivity index (χ3n) is 6.59. The Kier molecular flexibility index (Phi) is 8.75. The molecule has 0 aliphatic carbocycles. The van der Waals surface area contributed by atoms with E-state index >= 15 is 0 Å². The zero-order valence-electron chi connectivity index (χ0n) is 23.0. The standard InChI is InChI=1S/C26H29ClN10O5/c1-29-25(39)22-19(34-35-28)21(38)26(42-22)37-13-33-20-23(31-12-32-24(20)37)30-9-14-8-15(27)4-7-18(14)40-11-17-6-5-16(41-17)10-36(2)3/h4-8,12-13,19,21-22,26,38H,9-11H2,1-3H3,(H,29,39)(H,30,31,32)/t19-,21+,22-,26+/m0/s1. The summed E-state index contributed by atoms with van der Waals surface area (Å²) in [5, 5.41) is 20.7. The van der Waals surface area contributed by atoms with Crippen molar-refractivity contribution >= 4 is 34.5 Å². The maximum absolute atomic E-state index is 12.3. The van der Waals surface area contributed by atoms with Crippen LogP contribution in [0, 0.1) is 0 Å². The molecule has 4 aromatic rings. The number of benzene rings is 1. The summed E-state index contributed by atoms with van der Waals surface area (Å²) in [7, 11) is 5.36. The second-order valence-electron chi connectivity index (χ2n) is 9.79. The molecule has 0 radical (unpaired) electrons. The number of carbonyl (C=O) groups excluding carboxylic acids is 1. The van der Waals surface area contributed by atoms with Gasteiger partial charge in [-0.25, -0.2) is 15.0 Å². The van der Waals surface area contributed by atoms with Crippen LogP contribution in [0.3, 0.4) is 0 Å². The Bertz CT molecular complexity index is 1620. The molecule has 0 spiro atoms. The number of rotatable bonds is 11. The fourth-order valence-electron chi connectivity index (χ4n) is 4.66. The highest BCUT2D eigenvalue weighted by molar-refractivity contribution is 6.30. The van der Waals surface area contributed by atoms with E-state index in [1.807, 2.05) is 31.1 Å². The molecule has 220 valence electrons. The first-order valence-electron chi connectivity index (χ1n) is 12.9. The van der Waals surface area contributed by atoms with Crippen molar-refractivity contribution in [3.8, 4) is 5.75 Å². The number of aromatic nitrogens is 4. The van der Waals surface area contributed by atoms with E-state index in [0.717, 1.165) is 11.3 Å². The summed E-state index contributed by atoms with van der Waals surface area (Å²) in [6, 6.07) is 7.99. The molecule has 42 heavy (non-hydrogen) atoms. The topological polar surface area (TPSA) is 189 Å². The first-order chi connectivity index (χ1) is 20.3. The van der Waals surface area contributed by atoms with Gasteiger partial charge in [0.05, 0.1) is 12.9 Å². The molecule has 15 nitrogen and oxygen atoms in total. The average Bonchev–Trinajstić information content (AvgIpc) is 3.68. The molecule has 4 heterocycles. The van der Waals surface area contributed by atoms with Crippen molar-refractivity contribution in [3.63, 3.8) is 0 Å². The zero-order valence-corrected chi connectivity index (χ0v) is 23.8. The van der Waals surface area contributed by atoms with Gasteiger partial charge in [-0.2, -0.15) is 0 Å². The van der Waals surface area contributed by atoms with E-state index in [1.54, 1.807) is 18.2 Å². The van der Waals surface area contributed by atoms with E-state index < -0.39 is 30.4 Å². The second-order valence-corrected chi connectivity index (χ2v) is 10.2. The van der Waals surface area contributed by atoms with E-state index in [9.17, 15) is 9.90 Å². The summed E-state index contributed by atoms with van der Waals surface area (Å²) in [6.07, 6.45) is -0.845. The Hall–Kier alpha value is -4.40. The van der Waals surface area contributed by atoms with E-state index in [2.05, 4.69) is 35.6 Å². The van der Waals surface area contributed by atoms with E-state index in [4.69, 9.17) is 31.0 Å². The summed E-state index contributed by atoms with van der Waals surface area (Å²) < 4.78 is 19.2. The van der Waals surface area contributed by atoms with Crippen LogP contribution >= 0.6 is 11.6 Å². The fraction of sp³-hybridized carbons (Fsp3) is 0.385. The van der Waals surface area contributed by atoms with Crippen molar-refractivity contribution in [1.29, 1.82) is 0 Å². The number of imidazole rings is 1. The number of amides is 1. The maximum Gasteiger partial charge on any atom is 0.249 e. The number of fused-ring (bicyclic) bond motifs is 1. The number of carbonyl (C=O) groups is 1. The average molecular weight is 597 g/mol. The van der Waals surface area contributed by atoms with Gasteiger partial charge in [-0.05, 0) is 50.0 Å². The minimum atomic E-state index is -1.33. The number of aliphatic hydroxyl groups is 1. The van der Waals surface area contributed by atoms with Crippen LogP contribution in [-0.4, -0.2) is 74.8 Å². The van der Waals surface area contributed by atoms with Crippen LogP contribution in [-0.2, 0) is 29.2 Å². The van der Waals surface area contributed by atoms with Crippen LogP contribution in [0.1, 0.15) is 23.3 Å². The minimum absolute atomic E-state index is 0.238. The van der Waals surface area contributed by atoms with Gasteiger partial charge >= 0.3 is 0 Å². The molecule has 1 amide bonds. The molecule has 1 fully saturated rings. The number of azide groups is 1. The van der Waals surface area contributed by atoms with Crippen LogP contribution in [0.2, 0.25) is 5.02 Å². The Balaban J connectivity index is 1.33. The number of halogens is 1. The summed E-state index contributed by atoms with van der Waals surface area (Å²) in [5.41, 5.74) is 10.4. The van der Waals surface area contributed by atoms with Gasteiger partial charge in [0.1, 0.15) is 48.5 Å². The van der Waals surface area contributed by atoms with Gasteiger partial charge in [-0.15, -0.1) is 0 Å². The summed E-state index contributed by atoms with van der Waals surface area (Å²) in [6.45, 7) is 1.22. The lowest BCUT2D eigenvalue weighted by molar-refractivity contribution is -0.134. The van der Waals surface area contributed by atoms with Gasteiger partial charge < -0.3 is 34.5 Å². The summed E-state index contributed by atoms with van der Waals surface area (Å²) in [5.74, 6) is 2.03. The third-order valence-corrected chi connectivity index (χ3v) is 6.82. The molecule has 3 N–H and O–H groups in total. The van der Waals surface area contributed by atoms with Crippen LogP contribution in [0.4, 0.5) is 5.82 Å². The molecule has 5 rings (SSSR count). The number of nitrogens with zero attached hydrogens (tertiary/aromatic N) is 8. The number of nitrogens with one attached hydrogen (secondary N) is 2. The van der Waals surface area contributed by atoms with Gasteiger partial charge in [0, 0.05) is 29.1 Å². The molecule has 0 unspecified atom stereocenters. The predicted octanol–water partition coefficient (Wildman–Crippen LogP) is 3.01. The van der Waals surface area contributed by atoms with Gasteiger partial charge in [-0.3, -0.25) is 9.36 Å². The number of hydrogen-bond acceptors (Lipinski definition) is 11. The lowest BCUT2D eigenvalue weighted by Crippen LogP contribution is -2.40. The second kappa shape index (κ2) is 12.6. The molecule has 4 atom stereocenters. The summed E-state index contributed by atoms with van der Waals surface area (Å²) in [4.78, 5) is 30.1.